The molecule has 0 saturated carbocycles. The Hall–Kier alpha value is -4.19. The third-order valence-electron chi connectivity index (χ3n) is 10.4. The van der Waals surface area contributed by atoms with Gasteiger partial charge in [-0.1, -0.05) is 226 Å². The van der Waals surface area contributed by atoms with Crippen molar-refractivity contribution in [3.63, 3.8) is 0 Å². The molecular weight excluding hydrogens is 793 g/mol. The van der Waals surface area contributed by atoms with Crippen LogP contribution in [0.2, 0.25) is 0 Å². The van der Waals surface area contributed by atoms with Crippen molar-refractivity contribution < 1.29 is 28.6 Å². The molecule has 0 aliphatic carbocycles. The second-order valence-electron chi connectivity index (χ2n) is 16.6. The van der Waals surface area contributed by atoms with Crippen LogP contribution in [0.1, 0.15) is 207 Å². The van der Waals surface area contributed by atoms with Gasteiger partial charge in [-0.2, -0.15) is 0 Å². The summed E-state index contributed by atoms with van der Waals surface area (Å²) in [5, 5.41) is 0. The monoisotopic (exact) mass is 885 g/mol. The highest BCUT2D eigenvalue weighted by Crippen LogP contribution is 2.13. The maximum atomic E-state index is 12.8. The van der Waals surface area contributed by atoms with E-state index in [1.54, 1.807) is 0 Å². The first-order chi connectivity index (χ1) is 31.5. The molecule has 0 fully saturated rings. The fraction of sp³-hybridized carbons (Fsp3) is 0.603. The SMILES string of the molecule is CC/C=C/C=C/C=C/C=C/CCCCCC(=O)OCC(COC(=O)CCCCCCC/C=C/C=C/C=C/C=C/C=C/CCC)OC(=O)CCCCCCCCC/C=C/CCCCCC. The van der Waals surface area contributed by atoms with Gasteiger partial charge in [0.1, 0.15) is 13.2 Å². The number of hydrogen-bond donors (Lipinski definition) is 0. The molecule has 0 aromatic carbocycles. The highest BCUT2D eigenvalue weighted by molar-refractivity contribution is 5.71. The van der Waals surface area contributed by atoms with Crippen molar-refractivity contribution in [2.45, 2.75) is 213 Å². The van der Waals surface area contributed by atoms with Crippen LogP contribution in [0.15, 0.2) is 122 Å². The fourth-order valence-corrected chi connectivity index (χ4v) is 6.53. The molecule has 0 aromatic rings. The molecular formula is C58H92O6. The standard InChI is InChI=1S/C58H92O6/c1-4-7-10-13-16-19-22-25-27-28-29-31-33-36-39-42-45-48-51-57(60)63-54-55(53-62-56(59)50-47-44-41-38-35-32-24-21-18-15-12-9-6-3)64-58(61)52-49-46-43-40-37-34-30-26-23-20-17-14-11-8-5-2/h9-10,12-13,15-16,18-25,27-29,31-32,35,55H,4-8,11,14,17,26,30,33-34,36-54H2,1-3H3/b12-9+,13-10+,18-15+,19-16+,23-20+,24-21+,25-22+,28-27+,31-29+,35-32+. The molecule has 0 saturated heterocycles. The topological polar surface area (TPSA) is 78.9 Å². The van der Waals surface area contributed by atoms with Gasteiger partial charge in [-0.05, 0) is 83.5 Å². The summed E-state index contributed by atoms with van der Waals surface area (Å²) >= 11 is 0. The van der Waals surface area contributed by atoms with Crippen molar-refractivity contribution in [3.05, 3.63) is 122 Å². The second kappa shape index (κ2) is 51.4. The average Bonchev–Trinajstić information content (AvgIpc) is 3.29. The Kier molecular flexibility index (Phi) is 48.1. The number of allylic oxidation sites excluding steroid dienone is 20. The number of ether oxygens (including phenoxy) is 3. The van der Waals surface area contributed by atoms with E-state index in [1.807, 2.05) is 72.9 Å². The van der Waals surface area contributed by atoms with E-state index in [0.29, 0.717) is 19.3 Å². The van der Waals surface area contributed by atoms with Crippen LogP contribution < -0.4 is 0 Å². The van der Waals surface area contributed by atoms with Crippen LogP contribution in [-0.4, -0.2) is 37.2 Å². The highest BCUT2D eigenvalue weighted by atomic mass is 16.6. The molecule has 0 heterocycles. The first-order valence-corrected chi connectivity index (χ1v) is 25.7. The molecule has 360 valence electrons. The summed E-state index contributed by atoms with van der Waals surface area (Å²) in [7, 11) is 0. The molecule has 0 N–H and O–H groups in total. The van der Waals surface area contributed by atoms with Crippen LogP contribution in [0.25, 0.3) is 0 Å². The first-order valence-electron chi connectivity index (χ1n) is 25.7. The Balaban J connectivity index is 4.52. The molecule has 64 heavy (non-hydrogen) atoms. The molecule has 0 bridgehead atoms. The van der Waals surface area contributed by atoms with Crippen LogP contribution in [0.5, 0.6) is 0 Å². The van der Waals surface area contributed by atoms with Gasteiger partial charge in [-0.25, -0.2) is 0 Å². The Morgan fingerprint density at radius 2 is 0.656 bits per heavy atom. The van der Waals surface area contributed by atoms with E-state index in [-0.39, 0.29) is 31.1 Å². The molecule has 6 nitrogen and oxygen atoms in total. The van der Waals surface area contributed by atoms with E-state index >= 15 is 0 Å². The van der Waals surface area contributed by atoms with Crippen molar-refractivity contribution in [1.82, 2.24) is 0 Å². The van der Waals surface area contributed by atoms with Crippen molar-refractivity contribution in [1.29, 1.82) is 0 Å². The fourth-order valence-electron chi connectivity index (χ4n) is 6.53. The molecule has 1 atom stereocenters. The predicted molar refractivity (Wildman–Crippen MR) is 274 cm³/mol. The number of hydrogen-bond acceptors (Lipinski definition) is 6. The molecule has 0 rings (SSSR count). The van der Waals surface area contributed by atoms with E-state index in [4.69, 9.17) is 14.2 Å². The first kappa shape index (κ1) is 59.8. The number of unbranched alkanes of at least 4 members (excludes halogenated alkanes) is 20. The maximum Gasteiger partial charge on any atom is 0.306 e. The molecule has 0 aliphatic rings. The summed E-state index contributed by atoms with van der Waals surface area (Å²) < 4.78 is 16.7. The Morgan fingerprint density at radius 3 is 1.08 bits per heavy atom. The molecule has 1 unspecified atom stereocenters. The number of rotatable bonds is 44. The summed E-state index contributed by atoms with van der Waals surface area (Å²) in [5.74, 6) is -0.984. The molecule has 0 aliphatic heterocycles. The van der Waals surface area contributed by atoms with Crippen molar-refractivity contribution in [2.24, 2.45) is 0 Å². The van der Waals surface area contributed by atoms with E-state index < -0.39 is 6.10 Å². The van der Waals surface area contributed by atoms with Crippen LogP contribution >= 0.6 is 0 Å². The van der Waals surface area contributed by atoms with Crippen LogP contribution in [-0.2, 0) is 28.6 Å². The van der Waals surface area contributed by atoms with Gasteiger partial charge in [0.25, 0.3) is 0 Å². The summed E-state index contributed by atoms with van der Waals surface area (Å²) in [5.41, 5.74) is 0. The number of esters is 3. The summed E-state index contributed by atoms with van der Waals surface area (Å²) in [6.07, 6.45) is 70.3. The van der Waals surface area contributed by atoms with Gasteiger partial charge in [0.15, 0.2) is 6.10 Å². The van der Waals surface area contributed by atoms with E-state index in [2.05, 4.69) is 69.4 Å². The van der Waals surface area contributed by atoms with Gasteiger partial charge in [0, 0.05) is 19.3 Å². The maximum absolute atomic E-state index is 12.8. The minimum absolute atomic E-state index is 0.110. The largest absolute Gasteiger partial charge is 0.462 e. The van der Waals surface area contributed by atoms with Crippen LogP contribution in [0.4, 0.5) is 0 Å². The van der Waals surface area contributed by atoms with Gasteiger partial charge < -0.3 is 14.2 Å². The van der Waals surface area contributed by atoms with Gasteiger partial charge >= 0.3 is 17.9 Å². The second-order valence-corrected chi connectivity index (χ2v) is 16.6. The van der Waals surface area contributed by atoms with Crippen LogP contribution in [0.3, 0.4) is 0 Å². The molecule has 0 radical (unpaired) electrons. The number of carbonyl (C=O) groups is 3. The Bertz CT molecular complexity index is 1390. The zero-order chi connectivity index (χ0) is 46.5. The zero-order valence-corrected chi connectivity index (χ0v) is 41.0. The molecule has 0 amide bonds. The van der Waals surface area contributed by atoms with E-state index in [0.717, 1.165) is 96.3 Å². The predicted octanol–water partition coefficient (Wildman–Crippen LogP) is 16.9. The highest BCUT2D eigenvalue weighted by Gasteiger charge is 2.19. The molecule has 0 spiro atoms. The Morgan fingerprint density at radius 1 is 0.328 bits per heavy atom. The number of carbonyl (C=O) groups excluding carboxylic acids is 3. The third kappa shape index (κ3) is 48.8. The van der Waals surface area contributed by atoms with Crippen molar-refractivity contribution >= 4 is 17.9 Å². The smallest absolute Gasteiger partial charge is 0.306 e. The van der Waals surface area contributed by atoms with Gasteiger partial charge in [0.2, 0.25) is 0 Å². The van der Waals surface area contributed by atoms with Gasteiger partial charge in [-0.15, -0.1) is 0 Å². The Labute approximate surface area is 392 Å². The lowest BCUT2D eigenvalue weighted by atomic mass is 10.1. The summed E-state index contributed by atoms with van der Waals surface area (Å²) in [6.45, 7) is 6.32. The van der Waals surface area contributed by atoms with Crippen molar-refractivity contribution in [3.8, 4) is 0 Å². The molecule has 6 heteroatoms. The third-order valence-corrected chi connectivity index (χ3v) is 10.4. The summed E-state index contributed by atoms with van der Waals surface area (Å²) in [6, 6.07) is 0. The quantitative estimate of drug-likeness (QED) is 0.0199. The molecule has 0 aromatic heterocycles. The minimum Gasteiger partial charge on any atom is -0.462 e. The van der Waals surface area contributed by atoms with Crippen molar-refractivity contribution in [2.75, 3.05) is 13.2 Å². The lowest BCUT2D eigenvalue weighted by Gasteiger charge is -2.18. The summed E-state index contributed by atoms with van der Waals surface area (Å²) in [4.78, 5) is 38.0. The zero-order valence-electron chi connectivity index (χ0n) is 41.0. The van der Waals surface area contributed by atoms with Crippen LogP contribution in [0, 0.1) is 0 Å². The van der Waals surface area contributed by atoms with Gasteiger partial charge in [-0.3, -0.25) is 14.4 Å². The van der Waals surface area contributed by atoms with E-state index in [1.165, 1.54) is 70.6 Å². The lowest BCUT2D eigenvalue weighted by molar-refractivity contribution is -0.167. The van der Waals surface area contributed by atoms with Gasteiger partial charge in [0.05, 0.1) is 0 Å². The van der Waals surface area contributed by atoms with E-state index in [9.17, 15) is 14.4 Å². The minimum atomic E-state index is -0.810. The average molecular weight is 885 g/mol. The normalized spacial score (nSPS) is 13.1. The lowest BCUT2D eigenvalue weighted by Crippen LogP contribution is -2.30.